The minimum Gasteiger partial charge on any atom is -0.334 e. The zero-order valence-corrected chi connectivity index (χ0v) is 19.7. The number of anilines is 1. The van der Waals surface area contributed by atoms with E-state index in [1.807, 2.05) is 100 Å². The van der Waals surface area contributed by atoms with Gasteiger partial charge in [-0.05, 0) is 51.0 Å². The molecule has 6 heteroatoms. The molecule has 2 amide bonds. The van der Waals surface area contributed by atoms with Gasteiger partial charge >= 0.3 is 6.03 Å². The maximum Gasteiger partial charge on any atom is 0.326 e. The van der Waals surface area contributed by atoms with Crippen molar-refractivity contribution in [1.29, 1.82) is 0 Å². The number of nitrogens with zero attached hydrogens (tertiary/aromatic N) is 3. The molecule has 1 aromatic heterocycles. The van der Waals surface area contributed by atoms with Gasteiger partial charge in [-0.15, -0.1) is 0 Å². The number of rotatable bonds is 4. The number of allylic oxidation sites excluding steroid dienone is 1. The Labute approximate surface area is 198 Å². The third kappa shape index (κ3) is 3.99. The monoisotopic (exact) mass is 450 g/mol. The summed E-state index contributed by atoms with van der Waals surface area (Å²) in [6.45, 7) is 8.01. The summed E-state index contributed by atoms with van der Waals surface area (Å²) in [7, 11) is 0. The SMILES string of the molecule is CC1=C(c2nc(-c3ccc(C)cc3)no2)C(c2ccc(C)cc2)NC(=O)N1c1cccc(C)c1. The van der Waals surface area contributed by atoms with Crippen LogP contribution in [0.2, 0.25) is 0 Å². The minimum atomic E-state index is -0.416. The van der Waals surface area contributed by atoms with Gasteiger partial charge in [0.1, 0.15) is 0 Å². The van der Waals surface area contributed by atoms with E-state index in [1.165, 1.54) is 0 Å². The molecule has 1 unspecified atom stereocenters. The van der Waals surface area contributed by atoms with Crippen molar-refractivity contribution in [2.24, 2.45) is 0 Å². The molecule has 6 nitrogen and oxygen atoms in total. The second-order valence-corrected chi connectivity index (χ2v) is 8.76. The number of hydrogen-bond acceptors (Lipinski definition) is 4. The molecule has 0 saturated carbocycles. The van der Waals surface area contributed by atoms with Crippen LogP contribution in [0.5, 0.6) is 0 Å². The molecule has 0 radical (unpaired) electrons. The van der Waals surface area contributed by atoms with E-state index in [2.05, 4.69) is 10.5 Å². The predicted molar refractivity (Wildman–Crippen MR) is 133 cm³/mol. The number of hydrogen-bond donors (Lipinski definition) is 1. The second-order valence-electron chi connectivity index (χ2n) is 8.76. The zero-order valence-electron chi connectivity index (χ0n) is 19.7. The van der Waals surface area contributed by atoms with Crippen LogP contribution in [0.4, 0.5) is 10.5 Å². The molecule has 0 bridgehead atoms. The van der Waals surface area contributed by atoms with E-state index in [-0.39, 0.29) is 6.03 Å². The van der Waals surface area contributed by atoms with Gasteiger partial charge < -0.3 is 9.84 Å². The molecular weight excluding hydrogens is 424 g/mol. The van der Waals surface area contributed by atoms with Crippen LogP contribution in [-0.4, -0.2) is 16.2 Å². The van der Waals surface area contributed by atoms with Gasteiger partial charge in [0.2, 0.25) is 5.82 Å². The normalized spacial score (nSPS) is 16.1. The highest BCUT2D eigenvalue weighted by Crippen LogP contribution is 2.39. The van der Waals surface area contributed by atoms with E-state index in [0.717, 1.165) is 44.8 Å². The van der Waals surface area contributed by atoms with Crippen LogP contribution < -0.4 is 10.2 Å². The number of carbonyl (C=O) groups is 1. The Hall–Kier alpha value is -4.19. The van der Waals surface area contributed by atoms with E-state index in [1.54, 1.807) is 4.90 Å². The van der Waals surface area contributed by atoms with Crippen molar-refractivity contribution in [2.75, 3.05) is 4.90 Å². The van der Waals surface area contributed by atoms with E-state index in [9.17, 15) is 4.79 Å². The average Bonchev–Trinajstić information content (AvgIpc) is 3.29. The fraction of sp³-hybridized carbons (Fsp3) is 0.179. The molecule has 0 fully saturated rings. The van der Waals surface area contributed by atoms with E-state index in [0.29, 0.717) is 11.7 Å². The van der Waals surface area contributed by atoms with E-state index >= 15 is 0 Å². The number of aromatic nitrogens is 2. The molecular formula is C28H26N4O2. The summed E-state index contributed by atoms with van der Waals surface area (Å²) in [4.78, 5) is 19.7. The maximum absolute atomic E-state index is 13.3. The van der Waals surface area contributed by atoms with Crippen LogP contribution >= 0.6 is 0 Å². The van der Waals surface area contributed by atoms with Gasteiger partial charge in [0, 0.05) is 11.3 Å². The molecule has 1 N–H and O–H groups in total. The van der Waals surface area contributed by atoms with E-state index in [4.69, 9.17) is 9.51 Å². The molecule has 34 heavy (non-hydrogen) atoms. The molecule has 2 heterocycles. The second kappa shape index (κ2) is 8.63. The summed E-state index contributed by atoms with van der Waals surface area (Å²) < 4.78 is 5.78. The van der Waals surface area contributed by atoms with Crippen LogP contribution in [0, 0.1) is 20.8 Å². The first-order valence-electron chi connectivity index (χ1n) is 11.3. The lowest BCUT2D eigenvalue weighted by atomic mass is 9.94. The van der Waals surface area contributed by atoms with Gasteiger partial charge in [0.25, 0.3) is 5.89 Å². The smallest absolute Gasteiger partial charge is 0.326 e. The Balaban J connectivity index is 1.65. The van der Waals surface area contributed by atoms with Crippen LogP contribution in [0.25, 0.3) is 17.0 Å². The Morgan fingerprint density at radius 3 is 2.21 bits per heavy atom. The highest BCUT2D eigenvalue weighted by Gasteiger charge is 2.36. The fourth-order valence-corrected chi connectivity index (χ4v) is 4.26. The standard InChI is InChI=1S/C28H26N4O2/c1-17-8-12-21(13-9-17)25-24(27-30-26(31-34-27)22-14-10-18(2)11-15-22)20(4)32(28(33)29-25)23-7-5-6-19(3)16-23/h5-16,25H,1-4H3,(H,29,33). The van der Waals surface area contributed by atoms with Crippen molar-refractivity contribution < 1.29 is 9.32 Å². The van der Waals surface area contributed by atoms with Gasteiger partial charge in [-0.25, -0.2) is 4.79 Å². The number of benzene rings is 3. The lowest BCUT2D eigenvalue weighted by Crippen LogP contribution is -2.46. The lowest BCUT2D eigenvalue weighted by molar-refractivity contribution is 0.244. The Kier molecular flexibility index (Phi) is 5.49. The Morgan fingerprint density at radius 2 is 1.53 bits per heavy atom. The third-order valence-electron chi connectivity index (χ3n) is 6.12. The van der Waals surface area contributed by atoms with Gasteiger partial charge in [-0.3, -0.25) is 4.90 Å². The van der Waals surface area contributed by atoms with Crippen molar-refractivity contribution >= 4 is 17.3 Å². The Morgan fingerprint density at radius 1 is 0.853 bits per heavy atom. The molecule has 1 aliphatic rings. The van der Waals surface area contributed by atoms with Crippen LogP contribution in [0.1, 0.15) is 41.1 Å². The fourth-order valence-electron chi connectivity index (χ4n) is 4.26. The molecule has 1 aliphatic heterocycles. The van der Waals surface area contributed by atoms with Gasteiger partial charge in [-0.2, -0.15) is 4.98 Å². The third-order valence-corrected chi connectivity index (χ3v) is 6.12. The summed E-state index contributed by atoms with van der Waals surface area (Å²) in [5.74, 6) is 0.897. The van der Waals surface area contributed by atoms with Crippen LogP contribution in [0.15, 0.2) is 83.0 Å². The lowest BCUT2D eigenvalue weighted by Gasteiger charge is -2.35. The molecule has 170 valence electrons. The summed E-state index contributed by atoms with van der Waals surface area (Å²) in [6, 6.07) is 23.3. The van der Waals surface area contributed by atoms with Crippen molar-refractivity contribution in [1.82, 2.24) is 15.5 Å². The molecule has 0 spiro atoms. The number of amides is 2. The first-order chi connectivity index (χ1) is 16.4. The van der Waals surface area contributed by atoms with Crippen molar-refractivity contribution in [2.45, 2.75) is 33.7 Å². The van der Waals surface area contributed by atoms with E-state index < -0.39 is 6.04 Å². The predicted octanol–water partition coefficient (Wildman–Crippen LogP) is 6.36. The number of aryl methyl sites for hydroxylation is 3. The summed E-state index contributed by atoms with van der Waals surface area (Å²) in [6.07, 6.45) is 0. The highest BCUT2D eigenvalue weighted by atomic mass is 16.5. The summed E-state index contributed by atoms with van der Waals surface area (Å²) in [5.41, 5.74) is 7.51. The molecule has 5 rings (SSSR count). The largest absolute Gasteiger partial charge is 0.334 e. The van der Waals surface area contributed by atoms with Crippen LogP contribution in [0.3, 0.4) is 0 Å². The first kappa shape index (κ1) is 21.6. The van der Waals surface area contributed by atoms with Crippen molar-refractivity contribution in [3.8, 4) is 11.4 Å². The maximum atomic E-state index is 13.3. The van der Waals surface area contributed by atoms with Crippen molar-refractivity contribution in [3.63, 3.8) is 0 Å². The zero-order chi connectivity index (χ0) is 23.8. The number of urea groups is 1. The Bertz CT molecular complexity index is 1380. The number of carbonyl (C=O) groups excluding carboxylic acids is 1. The average molecular weight is 451 g/mol. The summed E-state index contributed by atoms with van der Waals surface area (Å²) in [5, 5.41) is 7.40. The topological polar surface area (TPSA) is 71.3 Å². The first-order valence-corrected chi connectivity index (χ1v) is 11.3. The molecule has 0 aliphatic carbocycles. The van der Waals surface area contributed by atoms with Gasteiger partial charge in [0.05, 0.1) is 17.3 Å². The minimum absolute atomic E-state index is 0.198. The molecule has 0 saturated heterocycles. The van der Waals surface area contributed by atoms with Gasteiger partial charge in [0.15, 0.2) is 0 Å². The van der Waals surface area contributed by atoms with Crippen molar-refractivity contribution in [3.05, 3.63) is 107 Å². The van der Waals surface area contributed by atoms with Gasteiger partial charge in [-0.1, -0.05) is 76.9 Å². The molecule has 1 atom stereocenters. The quantitative estimate of drug-likeness (QED) is 0.392. The number of nitrogens with one attached hydrogen (secondary N) is 1. The summed E-state index contributed by atoms with van der Waals surface area (Å²) >= 11 is 0. The molecule has 3 aromatic carbocycles. The molecule has 4 aromatic rings. The van der Waals surface area contributed by atoms with Crippen LogP contribution in [-0.2, 0) is 0 Å². The highest BCUT2D eigenvalue weighted by molar-refractivity contribution is 6.01.